The third kappa shape index (κ3) is 2.39. The molecule has 26 heavy (non-hydrogen) atoms. The Hall–Kier alpha value is -3.68. The Balaban J connectivity index is 2.03. The summed E-state index contributed by atoms with van der Waals surface area (Å²) < 4.78 is 0. The van der Waals surface area contributed by atoms with Gasteiger partial charge >= 0.3 is 5.97 Å². The van der Waals surface area contributed by atoms with E-state index in [-0.39, 0.29) is 16.6 Å². The monoisotopic (exact) mass is 349 g/mol. The third-order valence-electron chi connectivity index (χ3n) is 4.21. The van der Waals surface area contributed by atoms with E-state index in [1.165, 1.54) is 6.20 Å². The van der Waals surface area contributed by atoms with Gasteiger partial charge in [-0.3, -0.25) is 4.79 Å². The number of anilines is 1. The molecule has 3 aromatic heterocycles. The Morgan fingerprint density at radius 1 is 1.23 bits per heavy atom. The summed E-state index contributed by atoms with van der Waals surface area (Å²) >= 11 is 0. The molecule has 8 heteroatoms. The van der Waals surface area contributed by atoms with Crippen molar-refractivity contribution in [2.75, 3.05) is 19.0 Å². The SMILES string of the molecule is CN(C)c1nccc(-c2ccc3[nH]c(=O)c4[nH]cc(C(=O)O)c4c3c2)n1. The zero-order chi connectivity index (χ0) is 18.4. The van der Waals surface area contributed by atoms with Gasteiger partial charge in [-0.05, 0) is 18.2 Å². The molecule has 3 heterocycles. The molecule has 0 unspecified atom stereocenters. The van der Waals surface area contributed by atoms with Crippen molar-refractivity contribution in [3.8, 4) is 11.3 Å². The number of pyridine rings is 1. The summed E-state index contributed by atoms with van der Waals surface area (Å²) in [7, 11) is 3.71. The average Bonchev–Trinajstić information content (AvgIpc) is 3.08. The predicted molar refractivity (Wildman–Crippen MR) is 98.7 cm³/mol. The van der Waals surface area contributed by atoms with Crippen LogP contribution < -0.4 is 10.5 Å². The molecule has 0 spiro atoms. The number of nitrogens with zero attached hydrogens (tertiary/aromatic N) is 3. The van der Waals surface area contributed by atoms with Gasteiger partial charge in [0, 0.05) is 48.3 Å². The molecule has 0 radical (unpaired) electrons. The number of hydrogen-bond acceptors (Lipinski definition) is 5. The molecular weight excluding hydrogens is 334 g/mol. The third-order valence-corrected chi connectivity index (χ3v) is 4.21. The lowest BCUT2D eigenvalue weighted by molar-refractivity contribution is 0.0699. The van der Waals surface area contributed by atoms with Gasteiger partial charge in [0.05, 0.1) is 11.3 Å². The van der Waals surface area contributed by atoms with Crippen LogP contribution in [0.2, 0.25) is 0 Å². The lowest BCUT2D eigenvalue weighted by Gasteiger charge is -2.11. The van der Waals surface area contributed by atoms with Crippen molar-refractivity contribution in [3.05, 3.63) is 52.6 Å². The normalized spacial score (nSPS) is 11.2. The zero-order valence-corrected chi connectivity index (χ0v) is 14.1. The molecule has 0 fully saturated rings. The molecule has 0 aliphatic rings. The molecule has 3 N–H and O–H groups in total. The van der Waals surface area contributed by atoms with Crippen LogP contribution in [0.25, 0.3) is 33.1 Å². The van der Waals surface area contributed by atoms with Crippen molar-refractivity contribution < 1.29 is 9.90 Å². The van der Waals surface area contributed by atoms with Gasteiger partial charge in [-0.15, -0.1) is 0 Å². The van der Waals surface area contributed by atoms with Gasteiger partial charge in [-0.25, -0.2) is 14.8 Å². The molecule has 4 aromatic rings. The van der Waals surface area contributed by atoms with Gasteiger partial charge in [0.1, 0.15) is 5.52 Å². The molecule has 0 saturated carbocycles. The van der Waals surface area contributed by atoms with Crippen LogP contribution in [0.3, 0.4) is 0 Å². The van der Waals surface area contributed by atoms with Crippen molar-refractivity contribution in [1.82, 2.24) is 19.9 Å². The minimum atomic E-state index is -1.09. The Bertz CT molecular complexity index is 1220. The number of H-pyrrole nitrogens is 2. The van der Waals surface area contributed by atoms with Crippen LogP contribution in [0.15, 0.2) is 41.5 Å². The number of fused-ring (bicyclic) bond motifs is 3. The highest BCUT2D eigenvalue weighted by atomic mass is 16.4. The van der Waals surface area contributed by atoms with E-state index in [2.05, 4.69) is 19.9 Å². The fourth-order valence-corrected chi connectivity index (χ4v) is 2.98. The van der Waals surface area contributed by atoms with Crippen molar-refractivity contribution in [1.29, 1.82) is 0 Å². The fourth-order valence-electron chi connectivity index (χ4n) is 2.98. The molecule has 4 rings (SSSR count). The van der Waals surface area contributed by atoms with Gasteiger partial charge in [0.15, 0.2) is 0 Å². The summed E-state index contributed by atoms with van der Waals surface area (Å²) in [4.78, 5) is 39.8. The van der Waals surface area contributed by atoms with Gasteiger partial charge in [0.2, 0.25) is 5.95 Å². The zero-order valence-electron chi connectivity index (χ0n) is 14.1. The van der Waals surface area contributed by atoms with Crippen molar-refractivity contribution in [2.45, 2.75) is 0 Å². The number of carboxylic acid groups (broad SMARTS) is 1. The fraction of sp³-hybridized carbons (Fsp3) is 0.111. The maximum absolute atomic E-state index is 12.2. The molecule has 0 amide bonds. The Kier molecular flexibility index (Phi) is 3.47. The van der Waals surface area contributed by atoms with Crippen molar-refractivity contribution in [3.63, 3.8) is 0 Å². The summed E-state index contributed by atoms with van der Waals surface area (Å²) in [6, 6.07) is 7.20. The molecule has 130 valence electrons. The molecule has 0 saturated heterocycles. The lowest BCUT2D eigenvalue weighted by Crippen LogP contribution is -2.12. The van der Waals surface area contributed by atoms with Gasteiger partial charge in [-0.1, -0.05) is 6.07 Å². The Morgan fingerprint density at radius 3 is 2.77 bits per heavy atom. The second-order valence-corrected chi connectivity index (χ2v) is 6.11. The van der Waals surface area contributed by atoms with Crippen LogP contribution in [0.1, 0.15) is 10.4 Å². The number of benzene rings is 1. The highest BCUT2D eigenvalue weighted by Crippen LogP contribution is 2.29. The smallest absolute Gasteiger partial charge is 0.337 e. The number of rotatable bonds is 3. The van der Waals surface area contributed by atoms with E-state index in [4.69, 9.17) is 0 Å². The van der Waals surface area contributed by atoms with Crippen molar-refractivity contribution in [2.24, 2.45) is 0 Å². The average molecular weight is 349 g/mol. The van der Waals surface area contributed by atoms with Crippen LogP contribution in [0.4, 0.5) is 5.95 Å². The first kappa shape index (κ1) is 15.8. The number of carbonyl (C=O) groups is 1. The number of hydrogen-bond donors (Lipinski definition) is 3. The number of aromatic carboxylic acids is 1. The van der Waals surface area contributed by atoms with E-state index < -0.39 is 5.97 Å². The van der Waals surface area contributed by atoms with E-state index in [0.717, 1.165) is 5.56 Å². The molecule has 1 aromatic carbocycles. The number of aromatic nitrogens is 4. The molecule has 8 nitrogen and oxygen atoms in total. The van der Waals surface area contributed by atoms with Gasteiger partial charge < -0.3 is 20.0 Å². The topological polar surface area (TPSA) is 115 Å². The highest BCUT2D eigenvalue weighted by molar-refractivity contribution is 6.15. The maximum Gasteiger partial charge on any atom is 0.337 e. The van der Waals surface area contributed by atoms with Gasteiger partial charge in [-0.2, -0.15) is 0 Å². The number of aromatic amines is 2. The van der Waals surface area contributed by atoms with Crippen molar-refractivity contribution >= 4 is 33.7 Å². The lowest BCUT2D eigenvalue weighted by atomic mass is 10.0. The van der Waals surface area contributed by atoms with E-state index in [0.29, 0.717) is 27.9 Å². The quantitative estimate of drug-likeness (QED) is 0.522. The Morgan fingerprint density at radius 2 is 2.04 bits per heavy atom. The summed E-state index contributed by atoms with van der Waals surface area (Å²) in [5, 5.41) is 10.5. The first-order valence-electron chi connectivity index (χ1n) is 7.87. The molecular formula is C18H15N5O3. The molecule has 0 aliphatic carbocycles. The van der Waals surface area contributed by atoms with E-state index >= 15 is 0 Å². The minimum absolute atomic E-state index is 0.0601. The second kappa shape index (κ2) is 5.69. The summed E-state index contributed by atoms with van der Waals surface area (Å²) in [6.45, 7) is 0. The van der Waals surface area contributed by atoms with Gasteiger partial charge in [0.25, 0.3) is 5.56 Å². The van der Waals surface area contributed by atoms with Crippen LogP contribution >= 0.6 is 0 Å². The number of carboxylic acids is 1. The standard InChI is InChI=1S/C18H15N5O3/c1-23(2)18-19-6-5-12(22-18)9-3-4-13-10(7-9)14-11(17(25)26)8-20-15(14)16(24)21-13/h3-8,20H,1-2H3,(H,21,24)(H,25,26). The summed E-state index contributed by atoms with van der Waals surface area (Å²) in [6.07, 6.45) is 3.01. The molecule has 0 aliphatic heterocycles. The van der Waals surface area contributed by atoms with E-state index in [1.54, 1.807) is 23.2 Å². The predicted octanol–water partition coefficient (Wildman–Crippen LogP) is 2.23. The second-order valence-electron chi connectivity index (χ2n) is 6.11. The van der Waals surface area contributed by atoms with Crippen LogP contribution in [-0.4, -0.2) is 45.1 Å². The minimum Gasteiger partial charge on any atom is -0.478 e. The molecule has 0 atom stereocenters. The van der Waals surface area contributed by atoms with E-state index in [1.807, 2.05) is 26.2 Å². The molecule has 0 bridgehead atoms. The maximum atomic E-state index is 12.2. The van der Waals surface area contributed by atoms with Crippen LogP contribution in [-0.2, 0) is 0 Å². The first-order chi connectivity index (χ1) is 12.5. The highest BCUT2D eigenvalue weighted by Gasteiger charge is 2.17. The summed E-state index contributed by atoms with van der Waals surface area (Å²) in [5.74, 6) is -0.521. The van der Waals surface area contributed by atoms with Crippen LogP contribution in [0, 0.1) is 0 Å². The Labute approximate surface area is 147 Å². The summed E-state index contributed by atoms with van der Waals surface area (Å²) in [5.41, 5.74) is 2.01. The number of nitrogens with one attached hydrogen (secondary N) is 2. The largest absolute Gasteiger partial charge is 0.478 e. The first-order valence-corrected chi connectivity index (χ1v) is 7.87. The van der Waals surface area contributed by atoms with Crippen LogP contribution in [0.5, 0.6) is 0 Å². The van der Waals surface area contributed by atoms with E-state index in [9.17, 15) is 14.7 Å².